The van der Waals surface area contributed by atoms with Crippen LogP contribution in [0.4, 0.5) is 11.5 Å². The lowest BCUT2D eigenvalue weighted by molar-refractivity contribution is -0.117. The SMILES string of the molecule is COc1cc2ncnc(Nc3ccc(C=CC(=O)NC4CCCC(C)C4)cc3)c2cc1OC. The molecule has 1 aliphatic carbocycles. The number of hydrogen-bond donors (Lipinski definition) is 2. The van der Waals surface area contributed by atoms with Gasteiger partial charge >= 0.3 is 0 Å². The van der Waals surface area contributed by atoms with Crippen molar-refractivity contribution in [3.8, 4) is 11.5 Å². The molecule has 33 heavy (non-hydrogen) atoms. The fourth-order valence-corrected chi connectivity index (χ4v) is 4.28. The molecule has 1 amide bonds. The van der Waals surface area contributed by atoms with Crippen LogP contribution in [0.5, 0.6) is 11.5 Å². The van der Waals surface area contributed by atoms with Crippen molar-refractivity contribution in [3.63, 3.8) is 0 Å². The van der Waals surface area contributed by atoms with Crippen LogP contribution in [0.2, 0.25) is 0 Å². The van der Waals surface area contributed by atoms with Crippen molar-refractivity contribution in [3.05, 3.63) is 54.4 Å². The number of amides is 1. The smallest absolute Gasteiger partial charge is 0.244 e. The van der Waals surface area contributed by atoms with E-state index in [2.05, 4.69) is 27.5 Å². The number of methoxy groups -OCH3 is 2. The van der Waals surface area contributed by atoms with Crippen LogP contribution in [0.15, 0.2) is 48.8 Å². The van der Waals surface area contributed by atoms with Crippen LogP contribution >= 0.6 is 0 Å². The molecule has 7 heteroatoms. The topological polar surface area (TPSA) is 85.4 Å². The summed E-state index contributed by atoms with van der Waals surface area (Å²) >= 11 is 0. The van der Waals surface area contributed by atoms with E-state index in [-0.39, 0.29) is 5.91 Å². The molecule has 2 N–H and O–H groups in total. The van der Waals surface area contributed by atoms with Crippen LogP contribution in [0, 0.1) is 5.92 Å². The standard InChI is InChI=1S/C26H30N4O3/c1-17-5-4-6-20(13-17)29-25(31)12-9-18-7-10-19(11-8-18)30-26-21-14-23(32-2)24(33-3)15-22(21)27-16-28-26/h7-12,14-17,20H,4-6,13H2,1-3H3,(H,29,31)(H,27,28,30). The van der Waals surface area contributed by atoms with E-state index in [0.29, 0.717) is 29.3 Å². The molecule has 2 aromatic carbocycles. The average Bonchev–Trinajstić information content (AvgIpc) is 2.83. The summed E-state index contributed by atoms with van der Waals surface area (Å²) in [6.07, 6.45) is 9.54. The third kappa shape index (κ3) is 5.61. The molecule has 1 saturated carbocycles. The second kappa shape index (κ2) is 10.3. The van der Waals surface area contributed by atoms with Gasteiger partial charge in [0.25, 0.3) is 0 Å². The Balaban J connectivity index is 1.43. The molecule has 1 heterocycles. The van der Waals surface area contributed by atoms with Crippen molar-refractivity contribution in [2.24, 2.45) is 5.92 Å². The Bertz CT molecular complexity index is 1140. The normalized spacial score (nSPS) is 18.3. The minimum Gasteiger partial charge on any atom is -0.493 e. The monoisotopic (exact) mass is 446 g/mol. The molecule has 0 aliphatic heterocycles. The highest BCUT2D eigenvalue weighted by molar-refractivity contribution is 5.93. The van der Waals surface area contributed by atoms with Crippen LogP contribution in [-0.2, 0) is 4.79 Å². The highest BCUT2D eigenvalue weighted by Gasteiger charge is 2.19. The van der Waals surface area contributed by atoms with Crippen LogP contribution < -0.4 is 20.1 Å². The maximum absolute atomic E-state index is 12.3. The summed E-state index contributed by atoms with van der Waals surface area (Å²) in [6.45, 7) is 2.25. The summed E-state index contributed by atoms with van der Waals surface area (Å²) in [7, 11) is 3.20. The van der Waals surface area contributed by atoms with Crippen molar-refractivity contribution < 1.29 is 14.3 Å². The van der Waals surface area contributed by atoms with Gasteiger partial charge < -0.3 is 20.1 Å². The molecular weight excluding hydrogens is 416 g/mol. The summed E-state index contributed by atoms with van der Waals surface area (Å²) < 4.78 is 10.8. The molecule has 1 fully saturated rings. The van der Waals surface area contributed by atoms with E-state index in [4.69, 9.17) is 9.47 Å². The van der Waals surface area contributed by atoms with Gasteiger partial charge in [0.2, 0.25) is 5.91 Å². The van der Waals surface area contributed by atoms with Crippen LogP contribution in [0.1, 0.15) is 38.2 Å². The number of aromatic nitrogens is 2. The number of rotatable bonds is 7. The first-order chi connectivity index (χ1) is 16.1. The highest BCUT2D eigenvalue weighted by atomic mass is 16.5. The van der Waals surface area contributed by atoms with E-state index >= 15 is 0 Å². The number of anilines is 2. The molecule has 0 spiro atoms. The molecule has 3 aromatic rings. The largest absolute Gasteiger partial charge is 0.493 e. The Kier molecular flexibility index (Phi) is 7.07. The second-order valence-corrected chi connectivity index (χ2v) is 8.50. The lowest BCUT2D eigenvalue weighted by Crippen LogP contribution is -2.36. The first-order valence-corrected chi connectivity index (χ1v) is 11.3. The second-order valence-electron chi connectivity index (χ2n) is 8.50. The van der Waals surface area contributed by atoms with E-state index < -0.39 is 0 Å². The fourth-order valence-electron chi connectivity index (χ4n) is 4.28. The first kappa shape index (κ1) is 22.6. The van der Waals surface area contributed by atoms with Crippen LogP contribution in [0.3, 0.4) is 0 Å². The summed E-state index contributed by atoms with van der Waals surface area (Å²) in [5.41, 5.74) is 2.58. The number of hydrogen-bond acceptors (Lipinski definition) is 6. The maximum atomic E-state index is 12.3. The van der Waals surface area contributed by atoms with E-state index in [9.17, 15) is 4.79 Å². The van der Waals surface area contributed by atoms with Gasteiger partial charge in [0, 0.05) is 29.3 Å². The average molecular weight is 447 g/mol. The van der Waals surface area contributed by atoms with Gasteiger partial charge in [-0.1, -0.05) is 31.9 Å². The number of nitrogens with one attached hydrogen (secondary N) is 2. The lowest BCUT2D eigenvalue weighted by atomic mass is 9.87. The van der Waals surface area contributed by atoms with E-state index in [1.54, 1.807) is 20.3 Å². The van der Waals surface area contributed by atoms with Gasteiger partial charge in [-0.15, -0.1) is 0 Å². The molecule has 2 atom stereocenters. The van der Waals surface area contributed by atoms with Crippen molar-refractivity contribution in [2.45, 2.75) is 38.6 Å². The van der Waals surface area contributed by atoms with E-state index in [1.165, 1.54) is 19.2 Å². The first-order valence-electron chi connectivity index (χ1n) is 11.3. The zero-order valence-electron chi connectivity index (χ0n) is 19.3. The fraction of sp³-hybridized carbons (Fsp3) is 0.346. The molecule has 172 valence electrons. The highest BCUT2D eigenvalue weighted by Crippen LogP contribution is 2.34. The number of benzene rings is 2. The van der Waals surface area contributed by atoms with E-state index in [0.717, 1.165) is 35.0 Å². The molecule has 0 saturated heterocycles. The zero-order chi connectivity index (χ0) is 23.2. The number of carbonyl (C=O) groups excluding carboxylic acids is 1. The number of nitrogens with zero attached hydrogens (tertiary/aromatic N) is 2. The van der Waals surface area contributed by atoms with Gasteiger partial charge in [-0.25, -0.2) is 9.97 Å². The summed E-state index contributed by atoms with van der Waals surface area (Å²) in [6, 6.07) is 11.8. The number of fused-ring (bicyclic) bond motifs is 1. The molecule has 2 unspecified atom stereocenters. The maximum Gasteiger partial charge on any atom is 0.244 e. The molecular formula is C26H30N4O3. The Hall–Kier alpha value is -3.61. The molecule has 0 bridgehead atoms. The van der Waals surface area contributed by atoms with Gasteiger partial charge in [0.15, 0.2) is 11.5 Å². The third-order valence-corrected chi connectivity index (χ3v) is 6.02. The molecule has 0 radical (unpaired) electrons. The molecule has 4 rings (SSSR count). The number of carbonyl (C=O) groups is 1. The Labute approximate surface area is 194 Å². The predicted molar refractivity (Wildman–Crippen MR) is 131 cm³/mol. The van der Waals surface area contributed by atoms with Crippen molar-refractivity contribution in [1.29, 1.82) is 0 Å². The molecule has 7 nitrogen and oxygen atoms in total. The third-order valence-electron chi connectivity index (χ3n) is 6.02. The summed E-state index contributed by atoms with van der Waals surface area (Å²) in [4.78, 5) is 21.0. The summed E-state index contributed by atoms with van der Waals surface area (Å²) in [5, 5.41) is 7.29. The van der Waals surface area contributed by atoms with E-state index in [1.807, 2.05) is 42.5 Å². The van der Waals surface area contributed by atoms with Crippen molar-refractivity contribution in [2.75, 3.05) is 19.5 Å². The zero-order valence-corrected chi connectivity index (χ0v) is 19.3. The van der Waals surface area contributed by atoms with Crippen LogP contribution in [-0.4, -0.2) is 36.1 Å². The quantitative estimate of drug-likeness (QED) is 0.491. The van der Waals surface area contributed by atoms with Gasteiger partial charge in [0.1, 0.15) is 12.1 Å². The van der Waals surface area contributed by atoms with Gasteiger partial charge in [-0.2, -0.15) is 0 Å². The minimum atomic E-state index is -0.0341. The number of ether oxygens (including phenoxy) is 2. The van der Waals surface area contributed by atoms with Gasteiger partial charge in [0.05, 0.1) is 19.7 Å². The minimum absolute atomic E-state index is 0.0341. The Morgan fingerprint density at radius 3 is 2.55 bits per heavy atom. The Morgan fingerprint density at radius 1 is 1.06 bits per heavy atom. The predicted octanol–water partition coefficient (Wildman–Crippen LogP) is 5.10. The van der Waals surface area contributed by atoms with Crippen molar-refractivity contribution in [1.82, 2.24) is 15.3 Å². The molecule has 1 aliphatic rings. The Morgan fingerprint density at radius 2 is 1.82 bits per heavy atom. The van der Waals surface area contributed by atoms with Gasteiger partial charge in [-0.3, -0.25) is 4.79 Å². The summed E-state index contributed by atoms with van der Waals surface area (Å²) in [5.74, 6) is 2.55. The van der Waals surface area contributed by atoms with Crippen LogP contribution in [0.25, 0.3) is 17.0 Å². The van der Waals surface area contributed by atoms with Crippen molar-refractivity contribution >= 4 is 34.4 Å². The lowest BCUT2D eigenvalue weighted by Gasteiger charge is -2.26. The van der Waals surface area contributed by atoms with Gasteiger partial charge in [-0.05, 0) is 48.6 Å². The molecule has 1 aromatic heterocycles.